The van der Waals surface area contributed by atoms with Crippen LogP contribution in [-0.4, -0.2) is 30.3 Å². The van der Waals surface area contributed by atoms with Crippen molar-refractivity contribution in [1.29, 1.82) is 0 Å². The van der Waals surface area contributed by atoms with Gasteiger partial charge in [-0.3, -0.25) is 0 Å². The smallest absolute Gasteiger partial charge is 0.404 e. The molecule has 3 unspecified atom stereocenters. The van der Waals surface area contributed by atoms with Gasteiger partial charge in [0.15, 0.2) is 0 Å². The fourth-order valence-electron chi connectivity index (χ4n) is 2.11. The van der Waals surface area contributed by atoms with E-state index in [-0.39, 0.29) is 6.04 Å². The van der Waals surface area contributed by atoms with E-state index in [0.29, 0.717) is 5.92 Å². The van der Waals surface area contributed by atoms with E-state index in [4.69, 9.17) is 5.11 Å². The number of amides is 1. The maximum absolute atomic E-state index is 10.3. The second-order valence-electron chi connectivity index (χ2n) is 3.37. The third-order valence-electron chi connectivity index (χ3n) is 2.77. The summed E-state index contributed by atoms with van der Waals surface area (Å²) in [5.41, 5.74) is 0. The summed E-state index contributed by atoms with van der Waals surface area (Å²) in [4.78, 5) is 10.3. The fourth-order valence-corrected chi connectivity index (χ4v) is 2.11. The molecule has 2 fully saturated rings. The number of carbonyl (C=O) groups is 1. The molecule has 1 amide bonds. The molecule has 2 aliphatic rings. The molecule has 0 spiro atoms. The highest BCUT2D eigenvalue weighted by atomic mass is 16.4. The van der Waals surface area contributed by atoms with Crippen LogP contribution in [0.15, 0.2) is 0 Å². The minimum absolute atomic E-state index is 0.215. The van der Waals surface area contributed by atoms with Gasteiger partial charge >= 0.3 is 6.09 Å². The molecule has 4 nitrogen and oxygen atoms in total. The second kappa shape index (κ2) is 2.37. The van der Waals surface area contributed by atoms with Crippen molar-refractivity contribution in [3.8, 4) is 0 Å². The van der Waals surface area contributed by atoms with Crippen molar-refractivity contribution in [2.75, 3.05) is 13.1 Å². The van der Waals surface area contributed by atoms with Gasteiger partial charge in [-0.05, 0) is 24.8 Å². The Kier molecular flexibility index (Phi) is 1.49. The Hall–Kier alpha value is -0.770. The molecule has 0 aromatic rings. The minimum atomic E-state index is -0.889. The maximum Gasteiger partial charge on any atom is 0.404 e. The molecule has 0 radical (unpaired) electrons. The highest BCUT2D eigenvalue weighted by Gasteiger charge is 2.44. The van der Waals surface area contributed by atoms with Crippen molar-refractivity contribution in [3.63, 3.8) is 0 Å². The highest BCUT2D eigenvalue weighted by molar-refractivity contribution is 5.65. The molecule has 1 heterocycles. The molecule has 4 heteroatoms. The molecule has 0 aromatic heterocycles. The van der Waals surface area contributed by atoms with Gasteiger partial charge in [0.2, 0.25) is 0 Å². The van der Waals surface area contributed by atoms with Crippen LogP contribution in [0.2, 0.25) is 0 Å². The van der Waals surface area contributed by atoms with Gasteiger partial charge in [0.1, 0.15) is 0 Å². The summed E-state index contributed by atoms with van der Waals surface area (Å²) in [6.07, 6.45) is 0.129. The summed E-state index contributed by atoms with van der Waals surface area (Å²) >= 11 is 0. The van der Waals surface area contributed by atoms with Crippen LogP contribution in [0.4, 0.5) is 4.79 Å². The van der Waals surface area contributed by atoms with Gasteiger partial charge < -0.3 is 15.7 Å². The monoisotopic (exact) mass is 156 g/mol. The molecule has 62 valence electrons. The zero-order valence-electron chi connectivity index (χ0n) is 6.21. The van der Waals surface area contributed by atoms with Crippen LogP contribution < -0.4 is 10.6 Å². The first-order chi connectivity index (χ1) is 5.27. The predicted octanol–water partition coefficient (Wildman–Crippen LogP) is -0.138. The third kappa shape index (κ3) is 1.07. The van der Waals surface area contributed by atoms with Gasteiger partial charge in [-0.15, -0.1) is 0 Å². The van der Waals surface area contributed by atoms with E-state index in [2.05, 4.69) is 10.6 Å². The van der Waals surface area contributed by atoms with Crippen LogP contribution in [0.5, 0.6) is 0 Å². The van der Waals surface area contributed by atoms with Gasteiger partial charge in [-0.2, -0.15) is 0 Å². The van der Waals surface area contributed by atoms with Crippen molar-refractivity contribution in [2.24, 2.45) is 11.8 Å². The number of rotatable bonds is 1. The van der Waals surface area contributed by atoms with E-state index in [1.165, 1.54) is 0 Å². The predicted molar refractivity (Wildman–Crippen MR) is 39.4 cm³/mol. The lowest BCUT2D eigenvalue weighted by atomic mass is 9.71. The van der Waals surface area contributed by atoms with Crippen molar-refractivity contribution in [3.05, 3.63) is 0 Å². The first-order valence-electron chi connectivity index (χ1n) is 3.97. The van der Waals surface area contributed by atoms with Crippen LogP contribution in [-0.2, 0) is 0 Å². The molecule has 3 N–H and O–H groups in total. The standard InChI is InChI=1S/C7H12N2O2/c10-7(11)9-6-1-4-2-8-3-5(4)6/h4-6,8-9H,1-3H2,(H,10,11). The lowest BCUT2D eigenvalue weighted by Crippen LogP contribution is -2.51. The molecule has 0 bridgehead atoms. The van der Waals surface area contributed by atoms with Gasteiger partial charge in [0, 0.05) is 12.6 Å². The molecular formula is C7H12N2O2. The van der Waals surface area contributed by atoms with Gasteiger partial charge in [0.25, 0.3) is 0 Å². The Bertz CT molecular complexity index is 183. The van der Waals surface area contributed by atoms with Crippen LogP contribution in [0.1, 0.15) is 6.42 Å². The summed E-state index contributed by atoms with van der Waals surface area (Å²) < 4.78 is 0. The molecular weight excluding hydrogens is 144 g/mol. The summed E-state index contributed by atoms with van der Waals surface area (Å²) in [5, 5.41) is 14.2. The summed E-state index contributed by atoms with van der Waals surface area (Å²) in [5.74, 6) is 1.29. The SMILES string of the molecule is O=C(O)NC1CC2CNCC21. The molecule has 1 aliphatic carbocycles. The lowest BCUT2D eigenvalue weighted by Gasteiger charge is -2.39. The van der Waals surface area contributed by atoms with Gasteiger partial charge in [0.05, 0.1) is 0 Å². The number of hydrogen-bond acceptors (Lipinski definition) is 2. The molecule has 3 atom stereocenters. The van der Waals surface area contributed by atoms with Crippen molar-refractivity contribution in [1.82, 2.24) is 10.6 Å². The van der Waals surface area contributed by atoms with Crippen LogP contribution >= 0.6 is 0 Å². The van der Waals surface area contributed by atoms with E-state index < -0.39 is 6.09 Å². The molecule has 11 heavy (non-hydrogen) atoms. The molecule has 2 rings (SSSR count). The van der Waals surface area contributed by atoms with Crippen LogP contribution in [0.25, 0.3) is 0 Å². The zero-order chi connectivity index (χ0) is 7.84. The van der Waals surface area contributed by atoms with Crippen LogP contribution in [0, 0.1) is 11.8 Å². The largest absolute Gasteiger partial charge is 0.465 e. The Morgan fingerprint density at radius 3 is 3.00 bits per heavy atom. The zero-order valence-corrected chi connectivity index (χ0v) is 6.21. The highest BCUT2D eigenvalue weighted by Crippen LogP contribution is 2.36. The first-order valence-corrected chi connectivity index (χ1v) is 3.97. The Morgan fingerprint density at radius 1 is 1.55 bits per heavy atom. The Labute approximate surface area is 65.0 Å². The minimum Gasteiger partial charge on any atom is -0.465 e. The topological polar surface area (TPSA) is 61.4 Å². The Morgan fingerprint density at radius 2 is 2.36 bits per heavy atom. The fraction of sp³-hybridized carbons (Fsp3) is 0.857. The second-order valence-corrected chi connectivity index (χ2v) is 3.37. The Balaban J connectivity index is 1.85. The van der Waals surface area contributed by atoms with E-state index >= 15 is 0 Å². The van der Waals surface area contributed by atoms with E-state index in [9.17, 15) is 4.79 Å². The van der Waals surface area contributed by atoms with Gasteiger partial charge in [-0.1, -0.05) is 0 Å². The number of nitrogens with one attached hydrogen (secondary N) is 2. The van der Waals surface area contributed by atoms with Crippen molar-refractivity contribution >= 4 is 6.09 Å². The summed E-state index contributed by atoms with van der Waals surface area (Å²) in [6, 6.07) is 0.215. The molecule has 0 aromatic carbocycles. The molecule has 1 aliphatic heterocycles. The maximum atomic E-state index is 10.3. The van der Waals surface area contributed by atoms with Gasteiger partial charge in [-0.25, -0.2) is 4.79 Å². The van der Waals surface area contributed by atoms with E-state index in [0.717, 1.165) is 25.4 Å². The lowest BCUT2D eigenvalue weighted by molar-refractivity contribution is 0.136. The quantitative estimate of drug-likeness (QED) is 0.495. The normalized spacial score (nSPS) is 40.9. The number of carboxylic acid groups (broad SMARTS) is 1. The average molecular weight is 156 g/mol. The summed E-state index contributed by atoms with van der Waals surface area (Å²) in [7, 11) is 0. The van der Waals surface area contributed by atoms with E-state index in [1.807, 2.05) is 0 Å². The number of hydrogen-bond donors (Lipinski definition) is 3. The summed E-state index contributed by atoms with van der Waals surface area (Å²) in [6.45, 7) is 2.05. The van der Waals surface area contributed by atoms with Crippen molar-refractivity contribution < 1.29 is 9.90 Å². The first kappa shape index (κ1) is 6.91. The van der Waals surface area contributed by atoms with E-state index in [1.54, 1.807) is 0 Å². The third-order valence-corrected chi connectivity index (χ3v) is 2.77. The average Bonchev–Trinajstić information content (AvgIpc) is 2.26. The van der Waals surface area contributed by atoms with Crippen LogP contribution in [0.3, 0.4) is 0 Å². The molecule has 1 saturated carbocycles. The number of fused-ring (bicyclic) bond motifs is 1. The van der Waals surface area contributed by atoms with Crippen molar-refractivity contribution in [2.45, 2.75) is 12.5 Å². The molecule has 1 saturated heterocycles.